The number of nitrogens with zero attached hydrogens (tertiary/aromatic N) is 1. The van der Waals surface area contributed by atoms with E-state index in [9.17, 15) is 4.79 Å². The van der Waals surface area contributed by atoms with E-state index in [1.807, 2.05) is 49.2 Å². The molecule has 0 aliphatic heterocycles. The largest absolute Gasteiger partial charge is 0.493 e. The van der Waals surface area contributed by atoms with Crippen LogP contribution in [0.15, 0.2) is 42.5 Å². The Kier molecular flexibility index (Phi) is 8.14. The van der Waals surface area contributed by atoms with E-state index in [-0.39, 0.29) is 5.91 Å². The molecule has 146 valence electrons. The molecule has 0 saturated heterocycles. The number of ether oxygens (including phenoxy) is 2. The van der Waals surface area contributed by atoms with Crippen molar-refractivity contribution in [2.75, 3.05) is 33.9 Å². The normalized spacial score (nSPS) is 10.7. The highest BCUT2D eigenvalue weighted by Crippen LogP contribution is 2.28. The topological polar surface area (TPSA) is 50.8 Å². The number of benzene rings is 2. The third-order valence-electron chi connectivity index (χ3n) is 4.37. The van der Waals surface area contributed by atoms with Crippen LogP contribution < -0.4 is 14.8 Å². The number of carbonyl (C=O) groups excluding carboxylic acids is 1. The van der Waals surface area contributed by atoms with Gasteiger partial charge in [-0.25, -0.2) is 0 Å². The molecule has 1 amide bonds. The second kappa shape index (κ2) is 10.6. The number of likely N-dealkylation sites (N-methyl/N-ethyl adjacent to an activating group) is 1. The van der Waals surface area contributed by atoms with Crippen molar-refractivity contribution in [2.45, 2.75) is 26.8 Å². The lowest BCUT2D eigenvalue weighted by Crippen LogP contribution is -2.35. The number of hydrogen-bond donors (Lipinski definition) is 1. The third kappa shape index (κ3) is 6.61. The van der Waals surface area contributed by atoms with Crippen molar-refractivity contribution in [1.29, 1.82) is 0 Å². The van der Waals surface area contributed by atoms with Gasteiger partial charge in [0.05, 0.1) is 20.3 Å². The summed E-state index contributed by atoms with van der Waals surface area (Å²) in [6, 6.07) is 14.1. The van der Waals surface area contributed by atoms with Crippen molar-refractivity contribution in [3.05, 3.63) is 59.2 Å². The van der Waals surface area contributed by atoms with E-state index in [1.54, 1.807) is 7.11 Å². The molecule has 0 unspecified atom stereocenters. The lowest BCUT2D eigenvalue weighted by Gasteiger charge is -2.18. The van der Waals surface area contributed by atoms with Gasteiger partial charge < -0.3 is 14.8 Å². The second-order valence-corrected chi connectivity index (χ2v) is 6.62. The molecule has 0 spiro atoms. The van der Waals surface area contributed by atoms with E-state index in [2.05, 4.69) is 24.4 Å². The maximum atomic E-state index is 12.2. The Labute approximate surface area is 162 Å². The minimum absolute atomic E-state index is 0.0315. The predicted octanol–water partition coefficient (Wildman–Crippen LogP) is 3.19. The second-order valence-electron chi connectivity index (χ2n) is 6.62. The zero-order valence-electron chi connectivity index (χ0n) is 16.7. The first-order valence-electron chi connectivity index (χ1n) is 9.33. The van der Waals surface area contributed by atoms with Gasteiger partial charge in [-0.2, -0.15) is 0 Å². The molecule has 5 heteroatoms. The van der Waals surface area contributed by atoms with Crippen LogP contribution in [-0.4, -0.2) is 44.7 Å². The molecule has 0 heterocycles. The lowest BCUT2D eigenvalue weighted by molar-refractivity contribution is -0.122. The molecule has 1 N–H and O–H groups in total. The minimum Gasteiger partial charge on any atom is -0.493 e. The van der Waals surface area contributed by atoms with Crippen molar-refractivity contribution in [3.63, 3.8) is 0 Å². The highest BCUT2D eigenvalue weighted by Gasteiger charge is 2.10. The van der Waals surface area contributed by atoms with Crippen LogP contribution in [0.25, 0.3) is 0 Å². The van der Waals surface area contributed by atoms with Crippen molar-refractivity contribution < 1.29 is 14.3 Å². The predicted molar refractivity (Wildman–Crippen MR) is 108 cm³/mol. The van der Waals surface area contributed by atoms with Crippen LogP contribution in [0.2, 0.25) is 0 Å². The van der Waals surface area contributed by atoms with Gasteiger partial charge in [-0.1, -0.05) is 30.3 Å². The first-order chi connectivity index (χ1) is 13.0. The smallest absolute Gasteiger partial charge is 0.234 e. The summed E-state index contributed by atoms with van der Waals surface area (Å²) in [6.45, 7) is 6.29. The van der Waals surface area contributed by atoms with Crippen LogP contribution in [0.3, 0.4) is 0 Å². The van der Waals surface area contributed by atoms with Crippen LogP contribution in [0.4, 0.5) is 0 Å². The summed E-state index contributed by atoms with van der Waals surface area (Å²) in [5.74, 6) is 1.48. The number of rotatable bonds is 10. The Balaban J connectivity index is 1.80. The molecule has 0 bridgehead atoms. The Morgan fingerprint density at radius 1 is 1.15 bits per heavy atom. The zero-order chi connectivity index (χ0) is 19.6. The molecule has 2 rings (SSSR count). The van der Waals surface area contributed by atoms with Crippen LogP contribution >= 0.6 is 0 Å². The fraction of sp³-hybridized carbons (Fsp3) is 0.409. The standard InChI is InChI=1S/C22H30N2O3/c1-5-27-20-11-10-18(14-21(20)26-4)15-24(3)16-22(25)23-13-12-19-9-7-6-8-17(19)2/h6-11,14H,5,12-13,15-16H2,1-4H3,(H,23,25). The number of hydrogen-bond acceptors (Lipinski definition) is 4. The monoisotopic (exact) mass is 370 g/mol. The molecule has 0 atom stereocenters. The third-order valence-corrected chi connectivity index (χ3v) is 4.37. The van der Waals surface area contributed by atoms with Crippen LogP contribution in [0.5, 0.6) is 11.5 Å². The molecular formula is C22H30N2O3. The van der Waals surface area contributed by atoms with Crippen LogP contribution in [0, 0.1) is 6.92 Å². The molecule has 0 aliphatic rings. The van der Waals surface area contributed by atoms with E-state index in [1.165, 1.54) is 11.1 Å². The van der Waals surface area contributed by atoms with Gasteiger partial charge in [0, 0.05) is 13.1 Å². The van der Waals surface area contributed by atoms with Gasteiger partial charge in [0.1, 0.15) is 0 Å². The number of carbonyl (C=O) groups is 1. The summed E-state index contributed by atoms with van der Waals surface area (Å²) in [5, 5.41) is 3.00. The van der Waals surface area contributed by atoms with E-state index in [4.69, 9.17) is 9.47 Å². The molecule has 5 nitrogen and oxygen atoms in total. The first-order valence-corrected chi connectivity index (χ1v) is 9.33. The molecule has 2 aromatic carbocycles. The van der Waals surface area contributed by atoms with Gasteiger partial charge in [-0.3, -0.25) is 9.69 Å². The molecule has 0 radical (unpaired) electrons. The number of methoxy groups -OCH3 is 1. The first kappa shape index (κ1) is 20.8. The molecule has 27 heavy (non-hydrogen) atoms. The maximum absolute atomic E-state index is 12.2. The van der Waals surface area contributed by atoms with E-state index < -0.39 is 0 Å². The molecule has 0 aromatic heterocycles. The fourth-order valence-corrected chi connectivity index (χ4v) is 2.98. The number of aryl methyl sites for hydroxylation is 1. The van der Waals surface area contributed by atoms with Gasteiger partial charge in [-0.15, -0.1) is 0 Å². The Morgan fingerprint density at radius 3 is 2.63 bits per heavy atom. The quantitative estimate of drug-likeness (QED) is 0.698. The molecular weight excluding hydrogens is 340 g/mol. The Bertz CT molecular complexity index is 746. The van der Waals surface area contributed by atoms with Crippen LogP contribution in [0.1, 0.15) is 23.6 Å². The minimum atomic E-state index is 0.0315. The van der Waals surface area contributed by atoms with E-state index in [0.717, 1.165) is 17.7 Å². The number of amides is 1. The summed E-state index contributed by atoms with van der Waals surface area (Å²) in [4.78, 5) is 14.2. The molecule has 0 saturated carbocycles. The summed E-state index contributed by atoms with van der Waals surface area (Å²) in [6.07, 6.45) is 0.845. The number of nitrogens with one attached hydrogen (secondary N) is 1. The SMILES string of the molecule is CCOc1ccc(CN(C)CC(=O)NCCc2ccccc2C)cc1OC. The maximum Gasteiger partial charge on any atom is 0.234 e. The summed E-state index contributed by atoms with van der Waals surface area (Å²) < 4.78 is 10.9. The van der Waals surface area contributed by atoms with Crippen molar-refractivity contribution in [1.82, 2.24) is 10.2 Å². The molecule has 2 aromatic rings. The summed E-state index contributed by atoms with van der Waals surface area (Å²) >= 11 is 0. The van der Waals surface area contributed by atoms with Gasteiger partial charge in [0.15, 0.2) is 11.5 Å². The zero-order valence-corrected chi connectivity index (χ0v) is 16.7. The summed E-state index contributed by atoms with van der Waals surface area (Å²) in [7, 11) is 3.57. The van der Waals surface area contributed by atoms with E-state index >= 15 is 0 Å². The molecule has 0 fully saturated rings. The van der Waals surface area contributed by atoms with Gasteiger partial charge in [-0.05, 0) is 56.1 Å². The van der Waals surface area contributed by atoms with Crippen molar-refractivity contribution in [3.8, 4) is 11.5 Å². The Hall–Kier alpha value is -2.53. The average molecular weight is 370 g/mol. The van der Waals surface area contributed by atoms with Crippen molar-refractivity contribution >= 4 is 5.91 Å². The Morgan fingerprint density at radius 2 is 1.93 bits per heavy atom. The van der Waals surface area contributed by atoms with Gasteiger partial charge >= 0.3 is 0 Å². The average Bonchev–Trinajstić information content (AvgIpc) is 2.64. The van der Waals surface area contributed by atoms with Crippen LogP contribution in [-0.2, 0) is 17.8 Å². The highest BCUT2D eigenvalue weighted by molar-refractivity contribution is 5.78. The van der Waals surface area contributed by atoms with E-state index in [0.29, 0.717) is 32.0 Å². The van der Waals surface area contributed by atoms with Crippen molar-refractivity contribution in [2.24, 2.45) is 0 Å². The highest BCUT2D eigenvalue weighted by atomic mass is 16.5. The molecule has 0 aliphatic carbocycles. The lowest BCUT2D eigenvalue weighted by atomic mass is 10.1. The summed E-state index contributed by atoms with van der Waals surface area (Å²) in [5.41, 5.74) is 3.60. The van der Waals surface area contributed by atoms with Gasteiger partial charge in [0.25, 0.3) is 0 Å². The van der Waals surface area contributed by atoms with Gasteiger partial charge in [0.2, 0.25) is 5.91 Å². The fourth-order valence-electron chi connectivity index (χ4n) is 2.98.